The van der Waals surface area contributed by atoms with Gasteiger partial charge in [-0.15, -0.1) is 10.2 Å². The van der Waals surface area contributed by atoms with Gasteiger partial charge in [-0.3, -0.25) is 9.36 Å². The number of carbonyl (C=O) groups excluding carboxylic acids is 1. The maximum absolute atomic E-state index is 13.2. The smallest absolute Gasteiger partial charge is 0.325 e. The van der Waals surface area contributed by atoms with E-state index < -0.39 is 17.6 Å². The van der Waals surface area contributed by atoms with E-state index in [1.54, 1.807) is 0 Å². The van der Waals surface area contributed by atoms with Crippen molar-refractivity contribution >= 4 is 23.4 Å². The highest BCUT2D eigenvalue weighted by atomic mass is 32.2. The van der Waals surface area contributed by atoms with E-state index in [4.69, 9.17) is 0 Å². The molecule has 1 N–H and O–H groups in total. The van der Waals surface area contributed by atoms with Crippen LogP contribution in [0.2, 0.25) is 0 Å². The highest BCUT2D eigenvalue weighted by Gasteiger charge is 2.33. The maximum atomic E-state index is 13.2. The van der Waals surface area contributed by atoms with Crippen LogP contribution >= 0.6 is 11.8 Å². The molecule has 9 heteroatoms. The molecule has 0 aliphatic carbocycles. The molecule has 1 aromatic heterocycles. The first kappa shape index (κ1) is 23.6. The minimum atomic E-state index is -4.57. The first-order valence-corrected chi connectivity index (χ1v) is 11.4. The van der Waals surface area contributed by atoms with Gasteiger partial charge in [-0.25, -0.2) is 0 Å². The molecule has 0 aliphatic heterocycles. The molecule has 5 nitrogen and oxygen atoms in total. The topological polar surface area (TPSA) is 59.8 Å². The summed E-state index contributed by atoms with van der Waals surface area (Å²) in [7, 11) is 0. The number of amides is 1. The Kier molecular flexibility index (Phi) is 6.74. The second-order valence-electron chi connectivity index (χ2n) is 7.68. The Hall–Kier alpha value is -3.59. The van der Waals surface area contributed by atoms with Crippen molar-refractivity contribution < 1.29 is 18.0 Å². The molecule has 0 unspecified atom stereocenters. The van der Waals surface area contributed by atoms with Crippen molar-refractivity contribution in [2.24, 2.45) is 0 Å². The monoisotopic (exact) mass is 482 g/mol. The molecule has 0 bridgehead atoms. The minimum absolute atomic E-state index is 0.135. The zero-order chi connectivity index (χ0) is 24.3. The van der Waals surface area contributed by atoms with Crippen molar-refractivity contribution in [2.75, 3.05) is 11.1 Å². The Labute approximate surface area is 199 Å². The fourth-order valence-corrected chi connectivity index (χ4v) is 4.22. The van der Waals surface area contributed by atoms with Crippen LogP contribution < -0.4 is 5.32 Å². The molecular weight excluding hydrogens is 461 g/mol. The number of thioether (sulfide) groups is 1. The molecule has 1 heterocycles. The number of halogens is 3. The zero-order valence-electron chi connectivity index (χ0n) is 18.4. The van der Waals surface area contributed by atoms with Crippen LogP contribution in [0.1, 0.15) is 16.7 Å². The fraction of sp³-hybridized carbons (Fsp3) is 0.160. The molecule has 0 spiro atoms. The van der Waals surface area contributed by atoms with Gasteiger partial charge in [0, 0.05) is 5.56 Å². The summed E-state index contributed by atoms with van der Waals surface area (Å²) in [5.41, 5.74) is 2.60. The Bertz CT molecular complexity index is 1320. The van der Waals surface area contributed by atoms with Crippen LogP contribution in [0.4, 0.5) is 18.9 Å². The van der Waals surface area contributed by atoms with Crippen molar-refractivity contribution in [1.82, 2.24) is 14.8 Å². The van der Waals surface area contributed by atoms with Crippen molar-refractivity contribution in [2.45, 2.75) is 25.2 Å². The number of aromatic nitrogens is 3. The number of alkyl halides is 3. The number of hydrogen-bond acceptors (Lipinski definition) is 4. The standard InChI is InChI=1S/C25H21F3N4OS/c1-16-12-13-17(2)21(14-16)32-23(18-8-4-3-5-9-18)30-31-24(32)34-15-22(33)29-20-11-7-6-10-19(20)25(26,27)28/h3-14H,15H2,1-2H3,(H,29,33). The molecular formula is C25H21F3N4OS. The minimum Gasteiger partial charge on any atom is -0.325 e. The lowest BCUT2D eigenvalue weighted by Crippen LogP contribution is -2.18. The van der Waals surface area contributed by atoms with Crippen LogP contribution in [-0.4, -0.2) is 26.4 Å². The third kappa shape index (κ3) is 5.14. The zero-order valence-corrected chi connectivity index (χ0v) is 19.2. The number of carbonyl (C=O) groups is 1. The third-order valence-electron chi connectivity index (χ3n) is 5.11. The summed E-state index contributed by atoms with van der Waals surface area (Å²) < 4.78 is 41.6. The molecule has 3 aromatic carbocycles. The van der Waals surface area contributed by atoms with Crippen molar-refractivity contribution in [3.63, 3.8) is 0 Å². The number of hydrogen-bond donors (Lipinski definition) is 1. The number of nitrogens with one attached hydrogen (secondary N) is 1. The van der Waals surface area contributed by atoms with Gasteiger partial charge < -0.3 is 5.32 Å². The first-order chi connectivity index (χ1) is 16.2. The Morgan fingerprint density at radius 3 is 2.41 bits per heavy atom. The lowest BCUT2D eigenvalue weighted by Gasteiger charge is -2.15. The summed E-state index contributed by atoms with van der Waals surface area (Å²) in [6.45, 7) is 3.95. The maximum Gasteiger partial charge on any atom is 0.418 e. The van der Waals surface area contributed by atoms with Gasteiger partial charge in [0.15, 0.2) is 11.0 Å². The van der Waals surface area contributed by atoms with E-state index >= 15 is 0 Å². The second-order valence-corrected chi connectivity index (χ2v) is 8.62. The lowest BCUT2D eigenvalue weighted by molar-refractivity contribution is -0.137. The van der Waals surface area contributed by atoms with Gasteiger partial charge >= 0.3 is 6.18 Å². The Morgan fingerprint density at radius 1 is 0.971 bits per heavy atom. The van der Waals surface area contributed by atoms with Gasteiger partial charge in [-0.2, -0.15) is 13.2 Å². The first-order valence-electron chi connectivity index (χ1n) is 10.4. The fourth-order valence-electron chi connectivity index (χ4n) is 3.47. The van der Waals surface area contributed by atoms with E-state index in [1.807, 2.05) is 66.9 Å². The number of aryl methyl sites for hydroxylation is 2. The summed E-state index contributed by atoms with van der Waals surface area (Å²) in [5.74, 6) is -0.0950. The number of rotatable bonds is 6. The molecule has 0 aliphatic rings. The van der Waals surface area contributed by atoms with Gasteiger partial charge in [-0.1, -0.05) is 66.4 Å². The van der Waals surface area contributed by atoms with E-state index in [-0.39, 0.29) is 11.4 Å². The molecule has 0 atom stereocenters. The van der Waals surface area contributed by atoms with Crippen LogP contribution in [0.15, 0.2) is 78.0 Å². The Balaban J connectivity index is 1.63. The molecule has 0 fully saturated rings. The average molecular weight is 483 g/mol. The lowest BCUT2D eigenvalue weighted by atomic mass is 10.1. The van der Waals surface area contributed by atoms with Crippen molar-refractivity contribution in [1.29, 1.82) is 0 Å². The van der Waals surface area contributed by atoms with Gasteiger partial charge in [0.1, 0.15) is 0 Å². The van der Waals surface area contributed by atoms with E-state index in [0.29, 0.717) is 11.0 Å². The molecule has 0 saturated heterocycles. The van der Waals surface area contributed by atoms with E-state index in [0.717, 1.165) is 40.2 Å². The normalized spacial score (nSPS) is 11.4. The van der Waals surface area contributed by atoms with Gasteiger partial charge in [0.2, 0.25) is 5.91 Å². The summed E-state index contributed by atoms with van der Waals surface area (Å²) in [6, 6.07) is 20.4. The molecule has 4 aromatic rings. The third-order valence-corrected chi connectivity index (χ3v) is 6.04. The quantitative estimate of drug-likeness (QED) is 0.328. The van der Waals surface area contributed by atoms with Crippen molar-refractivity contribution in [3.8, 4) is 17.1 Å². The van der Waals surface area contributed by atoms with Crippen LogP contribution in [0.5, 0.6) is 0 Å². The number of benzene rings is 3. The molecule has 4 rings (SSSR count). The van der Waals surface area contributed by atoms with E-state index in [9.17, 15) is 18.0 Å². The molecule has 1 amide bonds. The molecule has 34 heavy (non-hydrogen) atoms. The van der Waals surface area contributed by atoms with E-state index in [2.05, 4.69) is 15.5 Å². The van der Waals surface area contributed by atoms with Crippen LogP contribution in [0.25, 0.3) is 17.1 Å². The highest BCUT2D eigenvalue weighted by Crippen LogP contribution is 2.35. The number of nitrogens with zero attached hydrogens (tertiary/aromatic N) is 3. The van der Waals surface area contributed by atoms with Crippen LogP contribution in [-0.2, 0) is 11.0 Å². The highest BCUT2D eigenvalue weighted by molar-refractivity contribution is 7.99. The van der Waals surface area contributed by atoms with Crippen LogP contribution in [0.3, 0.4) is 0 Å². The molecule has 0 radical (unpaired) electrons. The summed E-state index contributed by atoms with van der Waals surface area (Å²) in [4.78, 5) is 12.6. The average Bonchev–Trinajstić information content (AvgIpc) is 3.23. The second kappa shape index (κ2) is 9.72. The Morgan fingerprint density at radius 2 is 1.68 bits per heavy atom. The van der Waals surface area contributed by atoms with Gasteiger partial charge in [0.25, 0.3) is 0 Å². The predicted octanol–water partition coefficient (Wildman–Crippen LogP) is 6.30. The van der Waals surface area contributed by atoms with Gasteiger partial charge in [0.05, 0.1) is 22.7 Å². The van der Waals surface area contributed by atoms with Gasteiger partial charge in [-0.05, 0) is 43.2 Å². The summed E-state index contributed by atoms with van der Waals surface area (Å²) in [6.07, 6.45) is -4.57. The van der Waals surface area contributed by atoms with Crippen molar-refractivity contribution in [3.05, 3.63) is 89.5 Å². The molecule has 174 valence electrons. The predicted molar refractivity (Wildman–Crippen MR) is 127 cm³/mol. The summed E-state index contributed by atoms with van der Waals surface area (Å²) in [5, 5.41) is 11.5. The molecule has 0 saturated carbocycles. The SMILES string of the molecule is Cc1ccc(C)c(-n2c(SCC(=O)Nc3ccccc3C(F)(F)F)nnc2-c2ccccc2)c1. The summed E-state index contributed by atoms with van der Waals surface area (Å²) >= 11 is 1.11. The number of para-hydroxylation sites is 1. The van der Waals surface area contributed by atoms with Crippen LogP contribution in [0, 0.1) is 13.8 Å². The van der Waals surface area contributed by atoms with E-state index in [1.165, 1.54) is 18.2 Å². The largest absolute Gasteiger partial charge is 0.418 e. The number of anilines is 1.